The Hall–Kier alpha value is -0.0166. The molecule has 14 atom stereocenters. The predicted octanol–water partition coefficient (Wildman–Crippen LogP) is -7.51. The van der Waals surface area contributed by atoms with Crippen molar-refractivity contribution < 1.29 is 84.0 Å². The number of aliphatic hydroxyl groups excluding tert-OH is 8. The van der Waals surface area contributed by atoms with Gasteiger partial charge < -0.3 is 81.7 Å². The first-order chi connectivity index (χ1) is 16.0. The Balaban J connectivity index is 0.00000432. The van der Waals surface area contributed by atoms with E-state index in [0.717, 1.165) is 0 Å². The molecule has 2 unspecified atom stereocenters. The molecule has 0 aromatic rings. The van der Waals surface area contributed by atoms with Crippen LogP contribution < -0.4 is 17.2 Å². The molecule has 209 valence electrons. The Kier molecular flexibility index (Phi) is 11.7. The standard InChI is InChI=1S/C18H34N3O13.Rh/c19-7-12(27)14(5(2-23)30-16(7)29)33-18-9(21)13(28)15(6(3-24)32-18)34-17-8(20)11(26)10(25)4(1-22)31-17;/h5-18,22-29H,1-3,19-21H2;/q-1;/t5-,6-,7-,8-,9-,10-,11-,12-,13-,14?,15?,16-,17-,18+;/m1./s1. The summed E-state index contributed by atoms with van der Waals surface area (Å²) in [6.45, 7) is -2.09. The molecule has 3 aliphatic heterocycles. The molecule has 35 heavy (non-hydrogen) atoms. The molecular formula is C18H34N3O13Rh-. The molecule has 0 spiro atoms. The van der Waals surface area contributed by atoms with Crippen molar-refractivity contribution in [1.29, 1.82) is 0 Å². The van der Waals surface area contributed by atoms with Gasteiger partial charge in [-0.1, -0.05) is 6.61 Å². The third kappa shape index (κ3) is 6.35. The topological polar surface area (TPSA) is 286 Å². The van der Waals surface area contributed by atoms with Gasteiger partial charge in [0, 0.05) is 19.5 Å². The van der Waals surface area contributed by atoms with E-state index in [0.29, 0.717) is 0 Å². The number of hydrogen-bond acceptors (Lipinski definition) is 16. The molecule has 0 aromatic heterocycles. The summed E-state index contributed by atoms with van der Waals surface area (Å²) in [5.41, 5.74) is 17.6. The molecule has 3 aliphatic rings. The predicted molar refractivity (Wildman–Crippen MR) is 107 cm³/mol. The van der Waals surface area contributed by atoms with Gasteiger partial charge in [-0.2, -0.15) is 0 Å². The zero-order valence-corrected chi connectivity index (χ0v) is 20.0. The molecule has 3 heterocycles. The Labute approximate surface area is 213 Å². The second-order valence-corrected chi connectivity index (χ2v) is 8.43. The molecule has 16 nitrogen and oxygen atoms in total. The summed E-state index contributed by atoms with van der Waals surface area (Å²) >= 11 is 0. The summed E-state index contributed by atoms with van der Waals surface area (Å²) in [5.74, 6) is 0. The van der Waals surface area contributed by atoms with E-state index in [1.165, 1.54) is 0 Å². The molecule has 0 saturated carbocycles. The van der Waals surface area contributed by atoms with Crippen molar-refractivity contribution in [1.82, 2.24) is 0 Å². The van der Waals surface area contributed by atoms with Crippen molar-refractivity contribution in [3.05, 3.63) is 6.10 Å². The average Bonchev–Trinajstić information content (AvgIpc) is 2.83. The van der Waals surface area contributed by atoms with Gasteiger partial charge in [-0.05, 0) is 6.10 Å². The fourth-order valence-corrected chi connectivity index (χ4v) is 4.07. The first-order valence-corrected chi connectivity index (χ1v) is 10.7. The molecule has 17 heteroatoms. The number of rotatable bonds is 7. The van der Waals surface area contributed by atoms with Gasteiger partial charge in [0.15, 0.2) is 12.6 Å². The largest absolute Gasteiger partial charge is 0.521 e. The van der Waals surface area contributed by atoms with Gasteiger partial charge >= 0.3 is 0 Å². The smallest absolute Gasteiger partial charge is 0.176 e. The maximum Gasteiger partial charge on any atom is 0.176 e. The molecule has 14 N–H and O–H groups in total. The molecular weight excluding hydrogens is 569 g/mol. The first-order valence-electron chi connectivity index (χ1n) is 10.7. The SMILES string of the molecule is N[C@H]1[C@@H](OC2[C@@H](CO)O[C@@H](OC3[C@@H](CO)O[C@@H](O)[C@H](N)[C@H]3O)[C@H](N)[C@H]2O)O[C-](CO)[C@@H](O)[C@@H]1O.[Rh]. The number of hydrogen-bond donors (Lipinski definition) is 11. The minimum atomic E-state index is -1.57. The van der Waals surface area contributed by atoms with E-state index in [-0.39, 0.29) is 25.6 Å². The van der Waals surface area contributed by atoms with Gasteiger partial charge in [-0.25, -0.2) is 0 Å². The van der Waals surface area contributed by atoms with Crippen LogP contribution in [0.25, 0.3) is 0 Å². The summed E-state index contributed by atoms with van der Waals surface area (Å²) in [5, 5.41) is 79.5. The molecule has 3 saturated heterocycles. The molecule has 1 radical (unpaired) electrons. The Bertz CT molecular complexity index is 653. The van der Waals surface area contributed by atoms with Gasteiger partial charge in [0.05, 0.1) is 37.4 Å². The number of nitrogens with two attached hydrogens (primary N) is 3. The van der Waals surface area contributed by atoms with Gasteiger partial charge in [-0.15, -0.1) is 6.10 Å². The van der Waals surface area contributed by atoms with Gasteiger partial charge in [0.1, 0.15) is 42.9 Å². The van der Waals surface area contributed by atoms with Crippen LogP contribution in [-0.4, -0.2) is 147 Å². The van der Waals surface area contributed by atoms with Gasteiger partial charge in [-0.3, -0.25) is 0 Å². The van der Waals surface area contributed by atoms with Crippen molar-refractivity contribution in [2.75, 3.05) is 19.8 Å². The Morgan fingerprint density at radius 3 is 1.71 bits per heavy atom. The van der Waals surface area contributed by atoms with Crippen molar-refractivity contribution >= 4 is 0 Å². The summed E-state index contributed by atoms with van der Waals surface area (Å²) in [6, 6.07) is -3.90. The quantitative estimate of drug-likeness (QED) is 0.0952. The van der Waals surface area contributed by atoms with Crippen LogP contribution in [0, 0.1) is 6.10 Å². The zero-order chi connectivity index (χ0) is 25.3. The van der Waals surface area contributed by atoms with Crippen LogP contribution in [0.2, 0.25) is 0 Å². The average molecular weight is 603 g/mol. The maximum atomic E-state index is 10.8. The number of ether oxygens (including phenoxy) is 5. The summed E-state index contributed by atoms with van der Waals surface area (Å²) in [7, 11) is 0. The van der Waals surface area contributed by atoms with Crippen molar-refractivity contribution in [3.8, 4) is 0 Å². The van der Waals surface area contributed by atoms with Crippen molar-refractivity contribution in [3.63, 3.8) is 0 Å². The minimum Gasteiger partial charge on any atom is -0.521 e. The number of aliphatic hydroxyl groups is 8. The minimum absolute atomic E-state index is 0. The van der Waals surface area contributed by atoms with E-state index in [1.54, 1.807) is 0 Å². The van der Waals surface area contributed by atoms with E-state index in [9.17, 15) is 40.9 Å². The summed E-state index contributed by atoms with van der Waals surface area (Å²) in [4.78, 5) is 0. The second kappa shape index (κ2) is 13.2. The molecule has 0 bridgehead atoms. The fraction of sp³-hybridized carbons (Fsp3) is 0.944. The first kappa shape index (κ1) is 31.2. The summed E-state index contributed by atoms with van der Waals surface area (Å²) in [6.07, 6.45) is -16.1. The molecule has 3 fully saturated rings. The van der Waals surface area contributed by atoms with Crippen LogP contribution >= 0.6 is 0 Å². The van der Waals surface area contributed by atoms with E-state index in [1.807, 2.05) is 0 Å². The van der Waals surface area contributed by atoms with E-state index < -0.39 is 106 Å². The van der Waals surface area contributed by atoms with Crippen LogP contribution in [0.3, 0.4) is 0 Å². The molecule has 0 amide bonds. The van der Waals surface area contributed by atoms with E-state index in [2.05, 4.69) is 0 Å². The van der Waals surface area contributed by atoms with Gasteiger partial charge in [0.2, 0.25) is 0 Å². The molecule has 3 rings (SSSR count). The Morgan fingerprint density at radius 2 is 1.17 bits per heavy atom. The summed E-state index contributed by atoms with van der Waals surface area (Å²) < 4.78 is 27.3. The normalized spacial score (nSPS) is 49.5. The van der Waals surface area contributed by atoms with Crippen LogP contribution in [0.5, 0.6) is 0 Å². The third-order valence-corrected chi connectivity index (χ3v) is 6.19. The van der Waals surface area contributed by atoms with Crippen molar-refractivity contribution in [2.45, 2.75) is 85.8 Å². The van der Waals surface area contributed by atoms with Gasteiger partial charge in [0.25, 0.3) is 0 Å². The maximum absolute atomic E-state index is 10.8. The Morgan fingerprint density at radius 1 is 0.686 bits per heavy atom. The molecule has 0 aromatic carbocycles. The van der Waals surface area contributed by atoms with E-state index in [4.69, 9.17) is 40.9 Å². The monoisotopic (exact) mass is 603 g/mol. The fourth-order valence-electron chi connectivity index (χ4n) is 4.07. The zero-order valence-electron chi connectivity index (χ0n) is 18.4. The van der Waals surface area contributed by atoms with Crippen LogP contribution in [0.1, 0.15) is 0 Å². The van der Waals surface area contributed by atoms with Crippen molar-refractivity contribution in [2.24, 2.45) is 17.2 Å². The van der Waals surface area contributed by atoms with Crippen LogP contribution in [0.4, 0.5) is 0 Å². The van der Waals surface area contributed by atoms with Crippen LogP contribution in [0.15, 0.2) is 0 Å². The molecule has 0 aliphatic carbocycles. The third-order valence-electron chi connectivity index (χ3n) is 6.19. The van der Waals surface area contributed by atoms with E-state index >= 15 is 0 Å². The second-order valence-electron chi connectivity index (χ2n) is 8.43. The van der Waals surface area contributed by atoms with Crippen LogP contribution in [-0.2, 0) is 43.2 Å².